The second-order valence-corrected chi connectivity index (χ2v) is 5.20. The first kappa shape index (κ1) is 16.0. The van der Waals surface area contributed by atoms with Crippen molar-refractivity contribution < 1.29 is 14.2 Å². The van der Waals surface area contributed by atoms with Crippen LogP contribution in [0, 0.1) is 0 Å². The highest BCUT2D eigenvalue weighted by Gasteiger charge is 2.12. The molecule has 0 amide bonds. The van der Waals surface area contributed by atoms with Crippen LogP contribution in [0.25, 0.3) is 0 Å². The summed E-state index contributed by atoms with van der Waals surface area (Å²) in [5.74, 6) is 2.39. The molecule has 2 aromatic rings. The lowest BCUT2D eigenvalue weighted by atomic mass is 10.1. The number of hydrogen-bond donors (Lipinski definition) is 1. The summed E-state index contributed by atoms with van der Waals surface area (Å²) < 4.78 is 16.5. The van der Waals surface area contributed by atoms with Gasteiger partial charge in [-0.1, -0.05) is 12.1 Å². The topological polar surface area (TPSA) is 39.7 Å². The van der Waals surface area contributed by atoms with Gasteiger partial charge < -0.3 is 19.5 Å². The van der Waals surface area contributed by atoms with E-state index in [0.717, 1.165) is 28.5 Å². The summed E-state index contributed by atoms with van der Waals surface area (Å²) in [5.41, 5.74) is 2.09. The van der Waals surface area contributed by atoms with Gasteiger partial charge in [0.2, 0.25) is 0 Å². The Morgan fingerprint density at radius 3 is 2.27 bits per heavy atom. The van der Waals surface area contributed by atoms with Crippen molar-refractivity contribution >= 4 is 5.69 Å². The van der Waals surface area contributed by atoms with Crippen molar-refractivity contribution in [2.45, 2.75) is 26.5 Å². The maximum absolute atomic E-state index is 5.91. The first-order valence-corrected chi connectivity index (χ1v) is 7.34. The molecule has 4 nitrogen and oxygen atoms in total. The first-order valence-electron chi connectivity index (χ1n) is 7.34. The van der Waals surface area contributed by atoms with Crippen LogP contribution in [-0.2, 0) is 6.54 Å². The molecule has 0 unspecified atom stereocenters. The Labute approximate surface area is 132 Å². The standard InChI is InChI=1S/C18H23NO3/c1-13(2)22-18-14(6-5-7-17(18)21-4)12-19-15-8-10-16(20-3)11-9-15/h5-11,13,19H,12H2,1-4H3. The zero-order valence-corrected chi connectivity index (χ0v) is 13.6. The van der Waals surface area contributed by atoms with Gasteiger partial charge in [-0.25, -0.2) is 0 Å². The van der Waals surface area contributed by atoms with Crippen LogP contribution < -0.4 is 19.5 Å². The highest BCUT2D eigenvalue weighted by molar-refractivity contribution is 5.51. The molecule has 0 spiro atoms. The van der Waals surface area contributed by atoms with Crippen LogP contribution >= 0.6 is 0 Å². The number of benzene rings is 2. The largest absolute Gasteiger partial charge is 0.497 e. The van der Waals surface area contributed by atoms with E-state index in [2.05, 4.69) is 5.32 Å². The Morgan fingerprint density at radius 1 is 0.955 bits per heavy atom. The monoisotopic (exact) mass is 301 g/mol. The van der Waals surface area contributed by atoms with E-state index < -0.39 is 0 Å². The molecule has 22 heavy (non-hydrogen) atoms. The molecule has 4 heteroatoms. The van der Waals surface area contributed by atoms with Gasteiger partial charge in [0.1, 0.15) is 5.75 Å². The summed E-state index contributed by atoms with van der Waals surface area (Å²) in [5, 5.41) is 3.39. The lowest BCUT2D eigenvalue weighted by Gasteiger charge is -2.18. The van der Waals surface area contributed by atoms with Gasteiger partial charge in [0.15, 0.2) is 11.5 Å². The molecule has 0 aliphatic rings. The lowest BCUT2D eigenvalue weighted by molar-refractivity contribution is 0.228. The van der Waals surface area contributed by atoms with Gasteiger partial charge in [-0.05, 0) is 44.2 Å². The van der Waals surface area contributed by atoms with Crippen LogP contribution in [-0.4, -0.2) is 20.3 Å². The summed E-state index contributed by atoms with van der Waals surface area (Å²) in [6.45, 7) is 4.67. The molecule has 0 aromatic heterocycles. The molecule has 0 heterocycles. The molecule has 1 N–H and O–H groups in total. The van der Waals surface area contributed by atoms with Crippen molar-refractivity contribution in [3.8, 4) is 17.2 Å². The van der Waals surface area contributed by atoms with Crippen molar-refractivity contribution in [1.82, 2.24) is 0 Å². The van der Waals surface area contributed by atoms with Gasteiger partial charge in [-0.15, -0.1) is 0 Å². The van der Waals surface area contributed by atoms with Crippen LogP contribution in [0.2, 0.25) is 0 Å². The molecular weight excluding hydrogens is 278 g/mol. The van der Waals surface area contributed by atoms with E-state index in [1.165, 1.54) is 0 Å². The third kappa shape index (κ3) is 4.07. The predicted molar refractivity (Wildman–Crippen MR) is 89.1 cm³/mol. The van der Waals surface area contributed by atoms with Crippen molar-refractivity contribution in [3.63, 3.8) is 0 Å². The Hall–Kier alpha value is -2.36. The predicted octanol–water partition coefficient (Wildman–Crippen LogP) is 4.10. The van der Waals surface area contributed by atoms with E-state index in [-0.39, 0.29) is 6.10 Å². The van der Waals surface area contributed by atoms with E-state index in [4.69, 9.17) is 14.2 Å². The van der Waals surface area contributed by atoms with Gasteiger partial charge in [-0.3, -0.25) is 0 Å². The maximum atomic E-state index is 5.91. The number of hydrogen-bond acceptors (Lipinski definition) is 4. The quantitative estimate of drug-likeness (QED) is 0.835. The SMILES string of the molecule is COc1ccc(NCc2cccc(OC)c2OC(C)C)cc1. The number of nitrogens with one attached hydrogen (secondary N) is 1. The molecule has 0 aliphatic heterocycles. The zero-order chi connectivity index (χ0) is 15.9. The van der Waals surface area contributed by atoms with Gasteiger partial charge in [0.05, 0.1) is 20.3 Å². The molecule has 118 valence electrons. The molecule has 2 aromatic carbocycles. The third-order valence-corrected chi connectivity index (χ3v) is 3.21. The first-order chi connectivity index (χ1) is 10.6. The number of methoxy groups -OCH3 is 2. The Morgan fingerprint density at radius 2 is 1.68 bits per heavy atom. The Balaban J connectivity index is 2.14. The molecule has 0 aliphatic carbocycles. The second kappa shape index (κ2) is 7.59. The van der Waals surface area contributed by atoms with E-state index in [0.29, 0.717) is 6.54 Å². The van der Waals surface area contributed by atoms with Gasteiger partial charge >= 0.3 is 0 Å². The molecule has 0 bridgehead atoms. The van der Waals surface area contributed by atoms with E-state index in [9.17, 15) is 0 Å². The number of ether oxygens (including phenoxy) is 3. The minimum Gasteiger partial charge on any atom is -0.497 e. The minimum atomic E-state index is 0.0936. The highest BCUT2D eigenvalue weighted by atomic mass is 16.5. The zero-order valence-electron chi connectivity index (χ0n) is 13.6. The highest BCUT2D eigenvalue weighted by Crippen LogP contribution is 2.32. The summed E-state index contributed by atoms with van der Waals surface area (Å²) in [6.07, 6.45) is 0.0936. The van der Waals surface area contributed by atoms with Crippen molar-refractivity contribution in [2.75, 3.05) is 19.5 Å². The van der Waals surface area contributed by atoms with Gasteiger partial charge in [0, 0.05) is 17.8 Å². The Bertz CT molecular complexity index is 594. The smallest absolute Gasteiger partial charge is 0.166 e. The van der Waals surface area contributed by atoms with Crippen molar-refractivity contribution in [2.24, 2.45) is 0 Å². The fraction of sp³-hybridized carbons (Fsp3) is 0.333. The normalized spacial score (nSPS) is 10.4. The third-order valence-electron chi connectivity index (χ3n) is 3.21. The molecule has 0 fully saturated rings. The fourth-order valence-electron chi connectivity index (χ4n) is 2.14. The van der Waals surface area contributed by atoms with Crippen molar-refractivity contribution in [1.29, 1.82) is 0 Å². The molecule has 0 saturated carbocycles. The van der Waals surface area contributed by atoms with Crippen LogP contribution in [0.1, 0.15) is 19.4 Å². The van der Waals surface area contributed by atoms with E-state index >= 15 is 0 Å². The van der Waals surface area contributed by atoms with Crippen LogP contribution in [0.15, 0.2) is 42.5 Å². The average molecular weight is 301 g/mol. The van der Waals surface area contributed by atoms with Gasteiger partial charge in [0.25, 0.3) is 0 Å². The average Bonchev–Trinajstić information content (AvgIpc) is 2.53. The van der Waals surface area contributed by atoms with E-state index in [1.807, 2.05) is 56.3 Å². The van der Waals surface area contributed by atoms with Gasteiger partial charge in [-0.2, -0.15) is 0 Å². The lowest BCUT2D eigenvalue weighted by Crippen LogP contribution is -2.10. The number of anilines is 1. The molecule has 2 rings (SSSR count). The summed E-state index contributed by atoms with van der Waals surface area (Å²) in [7, 11) is 3.32. The Kier molecular flexibility index (Phi) is 5.53. The summed E-state index contributed by atoms with van der Waals surface area (Å²) in [6, 6.07) is 13.8. The van der Waals surface area contributed by atoms with Crippen molar-refractivity contribution in [3.05, 3.63) is 48.0 Å². The second-order valence-electron chi connectivity index (χ2n) is 5.20. The molecule has 0 atom stereocenters. The summed E-state index contributed by atoms with van der Waals surface area (Å²) in [4.78, 5) is 0. The maximum Gasteiger partial charge on any atom is 0.166 e. The molecular formula is C18H23NO3. The molecule has 0 radical (unpaired) electrons. The van der Waals surface area contributed by atoms with Crippen LogP contribution in [0.3, 0.4) is 0 Å². The number of rotatable bonds is 7. The van der Waals surface area contributed by atoms with Crippen LogP contribution in [0.4, 0.5) is 5.69 Å². The minimum absolute atomic E-state index is 0.0936. The summed E-state index contributed by atoms with van der Waals surface area (Å²) >= 11 is 0. The van der Waals surface area contributed by atoms with Crippen LogP contribution in [0.5, 0.6) is 17.2 Å². The number of para-hydroxylation sites is 1. The molecule has 0 saturated heterocycles. The fourth-order valence-corrected chi connectivity index (χ4v) is 2.14. The van der Waals surface area contributed by atoms with E-state index in [1.54, 1.807) is 14.2 Å².